The Morgan fingerprint density at radius 2 is 2.23 bits per heavy atom. The summed E-state index contributed by atoms with van der Waals surface area (Å²) in [6.07, 6.45) is 1.02. The van der Waals surface area contributed by atoms with Gasteiger partial charge in [-0.3, -0.25) is 0 Å². The summed E-state index contributed by atoms with van der Waals surface area (Å²) in [5, 5.41) is 0. The third-order valence-corrected chi connectivity index (χ3v) is 2.24. The molecule has 0 unspecified atom stereocenters. The van der Waals surface area contributed by atoms with Gasteiger partial charge in [0, 0.05) is 18.0 Å². The Morgan fingerprint density at radius 3 is 2.92 bits per heavy atom. The van der Waals surface area contributed by atoms with E-state index < -0.39 is 0 Å². The molecule has 1 aromatic carbocycles. The number of rotatable bonds is 1. The zero-order valence-corrected chi connectivity index (χ0v) is 8.43. The monoisotopic (exact) mass is 199 g/mol. The molecule has 0 radical (unpaired) electrons. The number of para-hydroxylation sites is 1. The van der Waals surface area contributed by atoms with Gasteiger partial charge in [0.2, 0.25) is 0 Å². The Hall–Kier alpha value is -0.730. The van der Waals surface area contributed by atoms with E-state index in [1.165, 1.54) is 5.56 Å². The Bertz CT molecular complexity index is 299. The fourth-order valence-corrected chi connectivity index (χ4v) is 1.60. The van der Waals surface area contributed by atoms with E-state index in [1.54, 1.807) is 0 Å². The average Bonchev–Trinajstić information content (AvgIpc) is 2.49. The van der Waals surface area contributed by atoms with Crippen molar-refractivity contribution in [3.8, 4) is 5.75 Å². The third kappa shape index (κ3) is 1.79. The molecule has 2 rings (SSSR count). The Balaban J connectivity index is 0.000000845. The van der Waals surface area contributed by atoms with Crippen LogP contribution >= 0.6 is 12.4 Å². The van der Waals surface area contributed by atoms with Gasteiger partial charge in [0.1, 0.15) is 5.75 Å². The topological polar surface area (TPSA) is 35.2 Å². The summed E-state index contributed by atoms with van der Waals surface area (Å²) in [6, 6.07) is 6.26. The van der Waals surface area contributed by atoms with Crippen molar-refractivity contribution >= 4 is 12.4 Å². The molecule has 0 saturated carbocycles. The first-order valence-corrected chi connectivity index (χ1v) is 4.29. The smallest absolute Gasteiger partial charge is 0.127 e. The molecule has 0 bridgehead atoms. The summed E-state index contributed by atoms with van der Waals surface area (Å²) in [7, 11) is 0. The average molecular weight is 200 g/mol. The maximum atomic E-state index is 5.81. The number of halogens is 1. The van der Waals surface area contributed by atoms with Crippen molar-refractivity contribution in [3.05, 3.63) is 29.3 Å². The van der Waals surface area contributed by atoms with E-state index >= 15 is 0 Å². The normalized spacial score (nSPS) is 15.5. The predicted molar refractivity (Wildman–Crippen MR) is 55.5 cm³/mol. The summed E-state index contributed by atoms with van der Waals surface area (Å²) in [5.74, 6) is 1.02. The maximum Gasteiger partial charge on any atom is 0.127 e. The lowest BCUT2D eigenvalue weighted by Gasteiger charge is -2.10. The van der Waals surface area contributed by atoms with Gasteiger partial charge in [-0.05, 0) is 12.5 Å². The molecule has 0 saturated heterocycles. The van der Waals surface area contributed by atoms with E-state index in [9.17, 15) is 0 Å². The molecule has 1 atom stereocenters. The Kier molecular flexibility index (Phi) is 3.17. The van der Waals surface area contributed by atoms with Gasteiger partial charge in [0.25, 0.3) is 0 Å². The van der Waals surface area contributed by atoms with E-state index in [2.05, 4.69) is 6.07 Å². The lowest BCUT2D eigenvalue weighted by atomic mass is 10.0. The molecule has 0 aromatic heterocycles. The molecule has 72 valence electrons. The van der Waals surface area contributed by atoms with Gasteiger partial charge < -0.3 is 10.5 Å². The second kappa shape index (κ2) is 3.99. The second-order valence-corrected chi connectivity index (χ2v) is 3.22. The number of nitrogens with two attached hydrogens (primary N) is 1. The lowest BCUT2D eigenvalue weighted by molar-refractivity contribution is 0.352. The molecule has 13 heavy (non-hydrogen) atoms. The first-order valence-electron chi connectivity index (χ1n) is 4.29. The van der Waals surface area contributed by atoms with Crippen LogP contribution in [0.4, 0.5) is 0 Å². The first-order chi connectivity index (χ1) is 5.79. The van der Waals surface area contributed by atoms with E-state index in [0.29, 0.717) is 0 Å². The Labute approximate surface area is 84.5 Å². The van der Waals surface area contributed by atoms with Gasteiger partial charge in [-0.25, -0.2) is 0 Å². The zero-order valence-electron chi connectivity index (χ0n) is 7.62. The molecule has 0 amide bonds. The van der Waals surface area contributed by atoms with Crippen LogP contribution in [0.3, 0.4) is 0 Å². The van der Waals surface area contributed by atoms with Gasteiger partial charge in [-0.15, -0.1) is 12.4 Å². The van der Waals surface area contributed by atoms with Crippen molar-refractivity contribution < 1.29 is 4.74 Å². The molecular weight excluding hydrogens is 186 g/mol. The van der Waals surface area contributed by atoms with Crippen molar-refractivity contribution in [2.75, 3.05) is 6.61 Å². The summed E-state index contributed by atoms with van der Waals surface area (Å²) in [6.45, 7) is 2.79. The third-order valence-electron chi connectivity index (χ3n) is 2.24. The van der Waals surface area contributed by atoms with Crippen LogP contribution in [0.5, 0.6) is 5.75 Å². The van der Waals surface area contributed by atoms with E-state index in [1.807, 2.05) is 19.1 Å². The van der Waals surface area contributed by atoms with Gasteiger partial charge in [0.15, 0.2) is 0 Å². The van der Waals surface area contributed by atoms with Crippen LogP contribution in [0, 0.1) is 0 Å². The number of hydrogen-bond donors (Lipinski definition) is 1. The van der Waals surface area contributed by atoms with E-state index in [4.69, 9.17) is 10.5 Å². The molecule has 0 spiro atoms. The summed E-state index contributed by atoms with van der Waals surface area (Å²) >= 11 is 0. The van der Waals surface area contributed by atoms with Crippen LogP contribution in [-0.2, 0) is 6.42 Å². The van der Waals surface area contributed by atoms with Crippen LogP contribution in [0.1, 0.15) is 24.1 Å². The largest absolute Gasteiger partial charge is 0.493 e. The fraction of sp³-hybridized carbons (Fsp3) is 0.400. The molecule has 0 aliphatic carbocycles. The molecule has 3 heteroatoms. The second-order valence-electron chi connectivity index (χ2n) is 3.22. The number of fused-ring (bicyclic) bond motifs is 1. The number of hydrogen-bond acceptors (Lipinski definition) is 2. The lowest BCUT2D eigenvalue weighted by Crippen LogP contribution is -2.06. The van der Waals surface area contributed by atoms with Gasteiger partial charge in [0.05, 0.1) is 6.61 Å². The predicted octanol–water partition coefficient (Wildman–Crippen LogP) is 2.06. The summed E-state index contributed by atoms with van der Waals surface area (Å²) in [5.41, 5.74) is 8.23. The van der Waals surface area contributed by atoms with Crippen LogP contribution in [0.15, 0.2) is 18.2 Å². The summed E-state index contributed by atoms with van der Waals surface area (Å²) < 4.78 is 5.51. The van der Waals surface area contributed by atoms with Crippen molar-refractivity contribution in [2.24, 2.45) is 5.73 Å². The molecule has 0 fully saturated rings. The highest BCUT2D eigenvalue weighted by Gasteiger charge is 2.17. The minimum Gasteiger partial charge on any atom is -0.493 e. The van der Waals surface area contributed by atoms with Crippen molar-refractivity contribution in [1.29, 1.82) is 0 Å². The van der Waals surface area contributed by atoms with Gasteiger partial charge in [-0.2, -0.15) is 0 Å². The minimum absolute atomic E-state index is 0. The van der Waals surface area contributed by atoms with E-state index in [-0.39, 0.29) is 18.4 Å². The highest BCUT2D eigenvalue weighted by Crippen LogP contribution is 2.32. The molecule has 1 aromatic rings. The highest BCUT2D eigenvalue weighted by molar-refractivity contribution is 5.85. The highest BCUT2D eigenvalue weighted by atomic mass is 35.5. The zero-order chi connectivity index (χ0) is 8.55. The standard InChI is InChI=1S/C10H13NO.ClH/c1-7(11)9-4-2-3-8-5-6-12-10(8)9;/h2-4,7H,5-6,11H2,1H3;1H/t7-;/m0./s1. The quantitative estimate of drug-likeness (QED) is 0.752. The fourth-order valence-electron chi connectivity index (χ4n) is 1.60. The summed E-state index contributed by atoms with van der Waals surface area (Å²) in [4.78, 5) is 0. The number of ether oxygens (including phenoxy) is 1. The van der Waals surface area contributed by atoms with Crippen molar-refractivity contribution in [3.63, 3.8) is 0 Å². The molecule has 2 N–H and O–H groups in total. The van der Waals surface area contributed by atoms with Crippen molar-refractivity contribution in [1.82, 2.24) is 0 Å². The first kappa shape index (κ1) is 10.4. The maximum absolute atomic E-state index is 5.81. The number of benzene rings is 1. The molecule has 1 aliphatic heterocycles. The molecule has 1 aliphatic rings. The van der Waals surface area contributed by atoms with Crippen LogP contribution < -0.4 is 10.5 Å². The van der Waals surface area contributed by atoms with Crippen LogP contribution in [-0.4, -0.2) is 6.61 Å². The minimum atomic E-state index is 0. The molecular formula is C10H14ClNO. The van der Waals surface area contributed by atoms with E-state index in [0.717, 1.165) is 24.3 Å². The van der Waals surface area contributed by atoms with Crippen LogP contribution in [0.25, 0.3) is 0 Å². The Morgan fingerprint density at radius 1 is 1.46 bits per heavy atom. The van der Waals surface area contributed by atoms with Gasteiger partial charge >= 0.3 is 0 Å². The molecule has 1 heterocycles. The molecule has 2 nitrogen and oxygen atoms in total. The van der Waals surface area contributed by atoms with Crippen molar-refractivity contribution in [2.45, 2.75) is 19.4 Å². The van der Waals surface area contributed by atoms with Crippen LogP contribution in [0.2, 0.25) is 0 Å². The van der Waals surface area contributed by atoms with Gasteiger partial charge in [-0.1, -0.05) is 18.2 Å². The SMILES string of the molecule is C[C@H](N)c1cccc2c1OCC2.Cl.